The highest BCUT2D eigenvalue weighted by molar-refractivity contribution is 7.99. The van der Waals surface area contributed by atoms with Crippen LogP contribution in [0.25, 0.3) is 56.2 Å². The summed E-state index contributed by atoms with van der Waals surface area (Å²) in [6, 6.07) is 65.4. The minimum Gasteiger partial charge on any atom is -0.228 e. The number of nitrogens with zero attached hydrogens (tertiary/aromatic N) is 2. The third kappa shape index (κ3) is 4.37. The molecule has 1 aliphatic carbocycles. The van der Waals surface area contributed by atoms with Gasteiger partial charge in [-0.3, -0.25) is 0 Å². The predicted molar refractivity (Wildman–Crippen MR) is 205 cm³/mol. The second kappa shape index (κ2) is 11.5. The second-order valence-corrected chi connectivity index (χ2v) is 14.0. The normalized spacial score (nSPS) is 13.3. The molecule has 1 aromatic heterocycles. The molecule has 0 atom stereocenters. The Kier molecular flexibility index (Phi) is 6.68. The Balaban J connectivity index is 1.23. The van der Waals surface area contributed by atoms with Crippen LogP contribution in [-0.4, -0.2) is 9.97 Å². The molecule has 2 aliphatic rings. The molecule has 8 aromatic rings. The van der Waals surface area contributed by atoms with Crippen molar-refractivity contribution in [2.24, 2.45) is 0 Å². The molecule has 50 heavy (non-hydrogen) atoms. The monoisotopic (exact) mass is 654 g/mol. The minimum atomic E-state index is -0.458. The summed E-state index contributed by atoms with van der Waals surface area (Å²) in [6.07, 6.45) is 0. The zero-order valence-corrected chi connectivity index (χ0v) is 27.9. The molecule has 0 saturated carbocycles. The smallest absolute Gasteiger partial charge is 0.160 e. The minimum absolute atomic E-state index is 0.458. The van der Waals surface area contributed by atoms with Crippen molar-refractivity contribution in [1.29, 1.82) is 0 Å². The number of rotatable bonds is 4. The maximum Gasteiger partial charge on any atom is 0.160 e. The highest BCUT2D eigenvalue weighted by Gasteiger charge is 2.50. The Bertz CT molecular complexity index is 2530. The lowest BCUT2D eigenvalue weighted by molar-refractivity contribution is 0.722. The standard InChI is InChI=1S/C47H30N2S/c1-3-15-31(16-4-1)34-19-7-8-22-37(34)43-30-42(32-17-5-2-6-18-32)48-46(49-43)33-27-28-45-41(29-33)47(40-25-13-14-26-44(40)50-45)38-23-11-9-20-35(38)36-21-10-12-24-39(36)47/h1-30H. The van der Waals surface area contributed by atoms with Gasteiger partial charge in [0.05, 0.1) is 16.8 Å². The quantitative estimate of drug-likeness (QED) is 0.189. The zero-order chi connectivity index (χ0) is 33.1. The average molecular weight is 655 g/mol. The Morgan fingerprint density at radius 2 is 0.860 bits per heavy atom. The van der Waals surface area contributed by atoms with E-state index in [1.807, 2.05) is 17.8 Å². The van der Waals surface area contributed by atoms with Gasteiger partial charge >= 0.3 is 0 Å². The predicted octanol–water partition coefficient (Wildman–Crippen LogP) is 12.0. The van der Waals surface area contributed by atoms with Crippen molar-refractivity contribution in [2.45, 2.75) is 15.2 Å². The fourth-order valence-corrected chi connectivity index (χ4v) is 9.22. The average Bonchev–Trinajstić information content (AvgIpc) is 3.49. The summed E-state index contributed by atoms with van der Waals surface area (Å²) < 4.78 is 0. The van der Waals surface area contributed by atoms with Crippen molar-refractivity contribution in [3.05, 3.63) is 204 Å². The lowest BCUT2D eigenvalue weighted by Gasteiger charge is -2.39. The van der Waals surface area contributed by atoms with Crippen LogP contribution in [0.4, 0.5) is 0 Å². The maximum absolute atomic E-state index is 5.36. The van der Waals surface area contributed by atoms with E-state index in [-0.39, 0.29) is 0 Å². The lowest BCUT2D eigenvalue weighted by Crippen LogP contribution is -2.32. The largest absolute Gasteiger partial charge is 0.228 e. The van der Waals surface area contributed by atoms with E-state index in [2.05, 4.69) is 176 Å². The summed E-state index contributed by atoms with van der Waals surface area (Å²) in [5, 5.41) is 0. The van der Waals surface area contributed by atoms with Crippen molar-refractivity contribution in [3.8, 4) is 56.2 Å². The van der Waals surface area contributed by atoms with Gasteiger partial charge in [-0.05, 0) is 68.8 Å². The Hall–Kier alpha value is -6.03. The molecule has 0 saturated heterocycles. The maximum atomic E-state index is 5.36. The van der Waals surface area contributed by atoms with E-state index in [1.165, 1.54) is 43.2 Å². The Morgan fingerprint density at radius 3 is 1.56 bits per heavy atom. The number of hydrogen-bond donors (Lipinski definition) is 0. The van der Waals surface area contributed by atoms with Gasteiger partial charge in [0.2, 0.25) is 0 Å². The van der Waals surface area contributed by atoms with Gasteiger partial charge in [0.15, 0.2) is 5.82 Å². The number of hydrogen-bond acceptors (Lipinski definition) is 3. The lowest BCUT2D eigenvalue weighted by atomic mass is 9.67. The number of aromatic nitrogens is 2. The molecular weight excluding hydrogens is 625 g/mol. The van der Waals surface area contributed by atoms with Gasteiger partial charge in [-0.15, -0.1) is 0 Å². The first-order chi connectivity index (χ1) is 24.8. The van der Waals surface area contributed by atoms with Crippen molar-refractivity contribution >= 4 is 11.8 Å². The molecule has 2 nitrogen and oxygen atoms in total. The fourth-order valence-electron chi connectivity index (χ4n) is 8.04. The van der Waals surface area contributed by atoms with Crippen LogP contribution in [0.3, 0.4) is 0 Å². The first-order valence-corrected chi connectivity index (χ1v) is 17.8. The third-order valence-corrected chi connectivity index (χ3v) is 11.3. The molecule has 2 heterocycles. The molecule has 0 radical (unpaired) electrons. The van der Waals surface area contributed by atoms with Crippen LogP contribution in [0.2, 0.25) is 0 Å². The first-order valence-electron chi connectivity index (χ1n) is 17.0. The summed E-state index contributed by atoms with van der Waals surface area (Å²) in [6.45, 7) is 0. The van der Waals surface area contributed by atoms with Crippen LogP contribution in [0.5, 0.6) is 0 Å². The highest BCUT2D eigenvalue weighted by Crippen LogP contribution is 2.62. The Morgan fingerprint density at radius 1 is 0.340 bits per heavy atom. The molecule has 1 aliphatic heterocycles. The molecule has 1 spiro atoms. The molecule has 234 valence electrons. The van der Waals surface area contributed by atoms with E-state index in [0.717, 1.165) is 39.2 Å². The van der Waals surface area contributed by atoms with Crippen molar-refractivity contribution in [1.82, 2.24) is 9.97 Å². The van der Waals surface area contributed by atoms with Gasteiger partial charge < -0.3 is 0 Å². The van der Waals surface area contributed by atoms with Crippen LogP contribution in [0.15, 0.2) is 192 Å². The van der Waals surface area contributed by atoms with Crippen molar-refractivity contribution < 1.29 is 0 Å². The number of benzene rings is 7. The first kappa shape index (κ1) is 28.9. The highest BCUT2D eigenvalue weighted by atomic mass is 32.2. The van der Waals surface area contributed by atoms with Gasteiger partial charge in [0, 0.05) is 26.5 Å². The van der Waals surface area contributed by atoms with Gasteiger partial charge in [-0.2, -0.15) is 0 Å². The van der Waals surface area contributed by atoms with Crippen LogP contribution < -0.4 is 0 Å². The van der Waals surface area contributed by atoms with Crippen molar-refractivity contribution in [2.75, 3.05) is 0 Å². The van der Waals surface area contributed by atoms with E-state index in [1.54, 1.807) is 0 Å². The SMILES string of the molecule is c1ccc(-c2cc(-c3ccccc3-c3ccccc3)nc(-c3ccc4c(c3)C3(c5ccccc5S4)c4ccccc4-c4ccccc43)n2)cc1. The van der Waals surface area contributed by atoms with Crippen LogP contribution >= 0.6 is 11.8 Å². The second-order valence-electron chi connectivity index (χ2n) is 12.9. The fraction of sp³-hybridized carbons (Fsp3) is 0.0213. The van der Waals surface area contributed by atoms with E-state index >= 15 is 0 Å². The van der Waals surface area contributed by atoms with Gasteiger partial charge in [-0.1, -0.05) is 169 Å². The molecule has 10 rings (SSSR count). The summed E-state index contributed by atoms with van der Waals surface area (Å²) in [5.41, 5.74) is 14.6. The molecule has 0 N–H and O–H groups in total. The van der Waals surface area contributed by atoms with E-state index < -0.39 is 5.41 Å². The molecule has 0 bridgehead atoms. The van der Waals surface area contributed by atoms with Gasteiger partial charge in [0.1, 0.15) is 0 Å². The summed E-state index contributed by atoms with van der Waals surface area (Å²) in [7, 11) is 0. The summed E-state index contributed by atoms with van der Waals surface area (Å²) in [4.78, 5) is 13.2. The summed E-state index contributed by atoms with van der Waals surface area (Å²) in [5.74, 6) is 0.714. The van der Waals surface area contributed by atoms with Gasteiger partial charge in [0.25, 0.3) is 0 Å². The van der Waals surface area contributed by atoms with Crippen LogP contribution in [0.1, 0.15) is 22.3 Å². The molecule has 0 fully saturated rings. The molecule has 0 unspecified atom stereocenters. The van der Waals surface area contributed by atoms with Crippen LogP contribution in [0, 0.1) is 0 Å². The van der Waals surface area contributed by atoms with Crippen molar-refractivity contribution in [3.63, 3.8) is 0 Å². The Labute approximate surface area is 296 Å². The molecule has 7 aromatic carbocycles. The summed E-state index contributed by atoms with van der Waals surface area (Å²) >= 11 is 1.86. The van der Waals surface area contributed by atoms with E-state index in [9.17, 15) is 0 Å². The number of fused-ring (bicyclic) bond motifs is 9. The van der Waals surface area contributed by atoms with E-state index in [0.29, 0.717) is 5.82 Å². The van der Waals surface area contributed by atoms with E-state index in [4.69, 9.17) is 9.97 Å². The molecule has 0 amide bonds. The third-order valence-electron chi connectivity index (χ3n) is 10.2. The molecule has 3 heteroatoms. The zero-order valence-electron chi connectivity index (χ0n) is 27.1. The molecular formula is C47H30N2S. The van der Waals surface area contributed by atoms with Crippen LogP contribution in [-0.2, 0) is 5.41 Å². The topological polar surface area (TPSA) is 25.8 Å². The van der Waals surface area contributed by atoms with Gasteiger partial charge in [-0.25, -0.2) is 9.97 Å².